The fourth-order valence-electron chi connectivity index (χ4n) is 2.22. The van der Waals surface area contributed by atoms with Crippen LogP contribution in [0.5, 0.6) is 5.75 Å². The first-order chi connectivity index (χ1) is 10.8. The number of aromatic nitrogens is 2. The molecule has 0 aliphatic carbocycles. The van der Waals surface area contributed by atoms with E-state index in [-0.39, 0.29) is 0 Å². The van der Waals surface area contributed by atoms with Crippen LogP contribution in [0.15, 0.2) is 53.1 Å². The number of hydrogen-bond donors (Lipinski definition) is 0. The van der Waals surface area contributed by atoms with Crippen LogP contribution in [-0.2, 0) is 12.8 Å². The smallest absolute Gasteiger partial charge is 0.227 e. The van der Waals surface area contributed by atoms with Gasteiger partial charge in [-0.15, -0.1) is 0 Å². The Morgan fingerprint density at radius 2 is 1.91 bits per heavy atom. The van der Waals surface area contributed by atoms with E-state index in [2.05, 4.69) is 22.3 Å². The van der Waals surface area contributed by atoms with Gasteiger partial charge in [-0.05, 0) is 30.2 Å². The highest BCUT2D eigenvalue weighted by Gasteiger charge is 2.14. The van der Waals surface area contributed by atoms with Crippen molar-refractivity contribution in [3.63, 3.8) is 0 Å². The SMILES string of the molecule is COc1ccc(Cl)cc1-c1noc(CCc2ccccc2)n1. The summed E-state index contributed by atoms with van der Waals surface area (Å²) in [4.78, 5) is 4.43. The monoisotopic (exact) mass is 314 g/mol. The van der Waals surface area contributed by atoms with Crippen molar-refractivity contribution in [1.82, 2.24) is 10.1 Å². The summed E-state index contributed by atoms with van der Waals surface area (Å²) in [6.45, 7) is 0. The third kappa shape index (κ3) is 3.28. The molecule has 4 nitrogen and oxygen atoms in total. The highest BCUT2D eigenvalue weighted by molar-refractivity contribution is 6.30. The predicted molar refractivity (Wildman–Crippen MR) is 85.1 cm³/mol. The zero-order chi connectivity index (χ0) is 15.4. The lowest BCUT2D eigenvalue weighted by molar-refractivity contribution is 0.378. The van der Waals surface area contributed by atoms with Crippen molar-refractivity contribution in [2.75, 3.05) is 7.11 Å². The van der Waals surface area contributed by atoms with Crippen molar-refractivity contribution in [3.8, 4) is 17.1 Å². The number of methoxy groups -OCH3 is 1. The second-order valence-corrected chi connectivity index (χ2v) is 5.28. The van der Waals surface area contributed by atoms with E-state index in [1.54, 1.807) is 25.3 Å². The van der Waals surface area contributed by atoms with Gasteiger partial charge in [0, 0.05) is 11.4 Å². The summed E-state index contributed by atoms with van der Waals surface area (Å²) in [5.74, 6) is 1.75. The first-order valence-corrected chi connectivity index (χ1v) is 7.34. The zero-order valence-corrected chi connectivity index (χ0v) is 12.9. The van der Waals surface area contributed by atoms with Crippen molar-refractivity contribution < 1.29 is 9.26 Å². The van der Waals surface area contributed by atoms with Gasteiger partial charge in [0.1, 0.15) is 5.75 Å². The van der Waals surface area contributed by atoms with Crippen LogP contribution in [0.25, 0.3) is 11.4 Å². The Labute approximate surface area is 133 Å². The molecule has 0 unspecified atom stereocenters. The molecular formula is C17H15ClN2O2. The van der Waals surface area contributed by atoms with Crippen LogP contribution >= 0.6 is 11.6 Å². The summed E-state index contributed by atoms with van der Waals surface area (Å²) in [7, 11) is 1.60. The highest BCUT2D eigenvalue weighted by Crippen LogP contribution is 2.30. The largest absolute Gasteiger partial charge is 0.496 e. The average Bonchev–Trinajstić information content (AvgIpc) is 3.03. The van der Waals surface area contributed by atoms with Gasteiger partial charge in [0.2, 0.25) is 11.7 Å². The quantitative estimate of drug-likeness (QED) is 0.708. The van der Waals surface area contributed by atoms with Gasteiger partial charge in [-0.25, -0.2) is 0 Å². The lowest BCUT2D eigenvalue weighted by Crippen LogP contribution is -1.92. The van der Waals surface area contributed by atoms with Crippen LogP contribution in [0.2, 0.25) is 5.02 Å². The van der Waals surface area contributed by atoms with Gasteiger partial charge in [-0.3, -0.25) is 0 Å². The van der Waals surface area contributed by atoms with Crippen molar-refractivity contribution in [2.45, 2.75) is 12.8 Å². The molecular weight excluding hydrogens is 300 g/mol. The molecule has 0 atom stereocenters. The molecule has 1 aromatic heterocycles. The van der Waals surface area contributed by atoms with Crippen molar-refractivity contribution in [3.05, 3.63) is 65.0 Å². The first-order valence-electron chi connectivity index (χ1n) is 6.96. The summed E-state index contributed by atoms with van der Waals surface area (Å²) in [5.41, 5.74) is 1.97. The van der Waals surface area contributed by atoms with Gasteiger partial charge in [0.05, 0.1) is 12.7 Å². The molecule has 0 bridgehead atoms. The molecule has 0 saturated carbocycles. The van der Waals surface area contributed by atoms with E-state index >= 15 is 0 Å². The number of ether oxygens (including phenoxy) is 1. The van der Waals surface area contributed by atoms with Gasteiger partial charge >= 0.3 is 0 Å². The molecule has 0 aliphatic heterocycles. The summed E-state index contributed by atoms with van der Waals surface area (Å²) in [5, 5.41) is 4.63. The summed E-state index contributed by atoms with van der Waals surface area (Å²) < 4.78 is 10.6. The van der Waals surface area contributed by atoms with E-state index in [9.17, 15) is 0 Å². The average molecular weight is 315 g/mol. The molecule has 0 aliphatic rings. The topological polar surface area (TPSA) is 48.2 Å². The third-order valence-corrected chi connectivity index (χ3v) is 3.58. The number of rotatable bonds is 5. The van der Waals surface area contributed by atoms with Crippen LogP contribution in [-0.4, -0.2) is 17.3 Å². The lowest BCUT2D eigenvalue weighted by atomic mass is 10.1. The summed E-state index contributed by atoms with van der Waals surface area (Å²) in [6.07, 6.45) is 1.55. The second kappa shape index (κ2) is 6.62. The minimum atomic E-state index is 0.488. The number of hydrogen-bond acceptors (Lipinski definition) is 4. The van der Waals surface area contributed by atoms with Gasteiger partial charge in [0.15, 0.2) is 0 Å². The molecule has 1 heterocycles. The molecule has 3 rings (SSSR count). The van der Waals surface area contributed by atoms with Gasteiger partial charge in [-0.1, -0.05) is 47.1 Å². The Hall–Kier alpha value is -2.33. The van der Waals surface area contributed by atoms with Crippen molar-refractivity contribution in [2.24, 2.45) is 0 Å². The van der Waals surface area contributed by atoms with Crippen LogP contribution < -0.4 is 4.74 Å². The fraction of sp³-hybridized carbons (Fsp3) is 0.176. The molecule has 0 radical (unpaired) electrons. The normalized spacial score (nSPS) is 10.6. The van der Waals surface area contributed by atoms with Crippen LogP contribution in [0.4, 0.5) is 0 Å². The van der Waals surface area contributed by atoms with Crippen molar-refractivity contribution >= 4 is 11.6 Å². The predicted octanol–water partition coefficient (Wildman–Crippen LogP) is 4.18. The molecule has 0 spiro atoms. The number of benzene rings is 2. The van der Waals surface area contributed by atoms with Crippen LogP contribution in [0, 0.1) is 0 Å². The highest BCUT2D eigenvalue weighted by atomic mass is 35.5. The maximum absolute atomic E-state index is 6.03. The molecule has 0 N–H and O–H groups in total. The van der Waals surface area contributed by atoms with E-state index in [1.807, 2.05) is 18.2 Å². The number of halogens is 1. The molecule has 2 aromatic carbocycles. The Morgan fingerprint density at radius 1 is 1.09 bits per heavy atom. The second-order valence-electron chi connectivity index (χ2n) is 4.84. The Kier molecular flexibility index (Phi) is 4.39. The summed E-state index contributed by atoms with van der Waals surface area (Å²) >= 11 is 6.03. The first kappa shape index (κ1) is 14.6. The van der Waals surface area contributed by atoms with Gasteiger partial charge < -0.3 is 9.26 Å². The Bertz CT molecular complexity index is 756. The Balaban J connectivity index is 1.78. The molecule has 3 aromatic rings. The Morgan fingerprint density at radius 3 is 2.68 bits per heavy atom. The van der Waals surface area contributed by atoms with Gasteiger partial charge in [0.25, 0.3) is 0 Å². The molecule has 22 heavy (non-hydrogen) atoms. The number of nitrogens with zero attached hydrogens (tertiary/aromatic N) is 2. The standard InChI is InChI=1S/C17H15ClN2O2/c1-21-15-9-8-13(18)11-14(15)17-19-16(22-20-17)10-7-12-5-3-2-4-6-12/h2-6,8-9,11H,7,10H2,1H3. The fourth-order valence-corrected chi connectivity index (χ4v) is 2.39. The van der Waals surface area contributed by atoms with E-state index in [4.69, 9.17) is 20.9 Å². The van der Waals surface area contributed by atoms with Crippen LogP contribution in [0.1, 0.15) is 11.5 Å². The molecule has 5 heteroatoms. The zero-order valence-electron chi connectivity index (χ0n) is 12.1. The summed E-state index contributed by atoms with van der Waals surface area (Å²) in [6, 6.07) is 15.5. The lowest BCUT2D eigenvalue weighted by Gasteiger charge is -2.04. The van der Waals surface area contributed by atoms with E-state index in [1.165, 1.54) is 5.56 Å². The van der Waals surface area contributed by atoms with Gasteiger partial charge in [-0.2, -0.15) is 4.98 Å². The molecule has 112 valence electrons. The van der Waals surface area contributed by atoms with E-state index in [0.29, 0.717) is 28.9 Å². The van der Waals surface area contributed by atoms with E-state index < -0.39 is 0 Å². The molecule has 0 amide bonds. The molecule has 0 saturated heterocycles. The minimum absolute atomic E-state index is 0.488. The van der Waals surface area contributed by atoms with Crippen LogP contribution in [0.3, 0.4) is 0 Å². The maximum Gasteiger partial charge on any atom is 0.227 e. The van der Waals surface area contributed by atoms with Crippen molar-refractivity contribution in [1.29, 1.82) is 0 Å². The third-order valence-electron chi connectivity index (χ3n) is 3.34. The maximum atomic E-state index is 6.03. The van der Waals surface area contributed by atoms with E-state index in [0.717, 1.165) is 12.0 Å². The molecule has 0 fully saturated rings. The minimum Gasteiger partial charge on any atom is -0.496 e. The number of aryl methyl sites for hydroxylation is 2.